The molecule has 1 aromatic carbocycles. The number of carbonyl (C=O) groups excluding carboxylic acids is 3. The summed E-state index contributed by atoms with van der Waals surface area (Å²) in [4.78, 5) is 38.6. The van der Waals surface area contributed by atoms with Gasteiger partial charge in [0.05, 0.1) is 12.7 Å². The van der Waals surface area contributed by atoms with Gasteiger partial charge < -0.3 is 19.7 Å². The summed E-state index contributed by atoms with van der Waals surface area (Å²) in [5.41, 5.74) is 0.338. The van der Waals surface area contributed by atoms with Crippen LogP contribution in [0.1, 0.15) is 48.9 Å². The molecule has 0 unspecified atom stereocenters. The predicted octanol–water partition coefficient (Wildman–Crippen LogP) is 2.15. The van der Waals surface area contributed by atoms with Gasteiger partial charge in [-0.15, -0.1) is 0 Å². The molecule has 2 amide bonds. The standard InChI is InChI=1S/C21H28N2O5/c1-27-18-11-5-3-9-16(18)21(26)22-13-20(25)28-14-19(24)23-12-6-8-15-7-2-4-10-17(15)23/h3,5,9,11,15,17H,2,4,6-8,10,12-14H2,1H3,(H,22,26)/t15-,17+/m1/s1. The van der Waals surface area contributed by atoms with Gasteiger partial charge in [-0.3, -0.25) is 14.4 Å². The SMILES string of the molecule is COc1ccccc1C(=O)NCC(=O)OCC(=O)N1CCC[C@H]2CCCC[C@@H]21. The first-order valence-electron chi connectivity index (χ1n) is 9.96. The first-order valence-corrected chi connectivity index (χ1v) is 9.96. The van der Waals surface area contributed by atoms with Gasteiger partial charge in [-0.25, -0.2) is 0 Å². The lowest BCUT2D eigenvalue weighted by Gasteiger charge is -2.44. The summed E-state index contributed by atoms with van der Waals surface area (Å²) in [6.07, 6.45) is 6.81. The van der Waals surface area contributed by atoms with Crippen molar-refractivity contribution >= 4 is 17.8 Å². The Kier molecular flexibility index (Phi) is 6.90. The second-order valence-corrected chi connectivity index (χ2v) is 7.38. The molecule has 1 aromatic rings. The van der Waals surface area contributed by atoms with Gasteiger partial charge in [0.15, 0.2) is 6.61 Å². The van der Waals surface area contributed by atoms with E-state index in [-0.39, 0.29) is 19.1 Å². The Morgan fingerprint density at radius 1 is 1.11 bits per heavy atom. The molecule has 0 aromatic heterocycles. The molecule has 0 spiro atoms. The Balaban J connectivity index is 1.45. The zero-order valence-electron chi connectivity index (χ0n) is 16.3. The average molecular weight is 388 g/mol. The molecule has 2 aliphatic rings. The smallest absolute Gasteiger partial charge is 0.325 e. The summed E-state index contributed by atoms with van der Waals surface area (Å²) in [5, 5.41) is 2.50. The lowest BCUT2D eigenvalue weighted by Crippen LogP contribution is -2.51. The second kappa shape index (κ2) is 9.57. The van der Waals surface area contributed by atoms with Crippen LogP contribution in [0, 0.1) is 5.92 Å². The summed E-state index contributed by atoms with van der Waals surface area (Å²) in [6.45, 7) is 0.172. The molecule has 7 nitrogen and oxygen atoms in total. The fourth-order valence-corrected chi connectivity index (χ4v) is 4.29. The van der Waals surface area contributed by atoms with E-state index in [1.54, 1.807) is 24.3 Å². The molecule has 2 atom stereocenters. The second-order valence-electron chi connectivity index (χ2n) is 7.38. The number of nitrogens with one attached hydrogen (secondary N) is 1. The van der Waals surface area contributed by atoms with Gasteiger partial charge >= 0.3 is 5.97 Å². The quantitative estimate of drug-likeness (QED) is 0.755. The van der Waals surface area contributed by atoms with Crippen molar-refractivity contribution in [3.05, 3.63) is 29.8 Å². The van der Waals surface area contributed by atoms with E-state index in [0.717, 1.165) is 25.8 Å². The maximum Gasteiger partial charge on any atom is 0.325 e. The highest BCUT2D eigenvalue weighted by Gasteiger charge is 2.35. The molecule has 1 aliphatic carbocycles. The minimum atomic E-state index is -0.631. The molecule has 3 rings (SSSR count). The molecule has 1 N–H and O–H groups in total. The monoisotopic (exact) mass is 388 g/mol. The summed E-state index contributed by atoms with van der Waals surface area (Å²) < 4.78 is 10.2. The number of methoxy groups -OCH3 is 1. The number of piperidine rings is 1. The number of hydrogen-bond acceptors (Lipinski definition) is 5. The lowest BCUT2D eigenvalue weighted by atomic mass is 9.78. The van der Waals surface area contributed by atoms with Crippen LogP contribution in [0.4, 0.5) is 0 Å². The number of fused-ring (bicyclic) bond motifs is 1. The van der Waals surface area contributed by atoms with E-state index >= 15 is 0 Å². The van der Waals surface area contributed by atoms with Crippen molar-refractivity contribution in [3.63, 3.8) is 0 Å². The van der Waals surface area contributed by atoms with E-state index in [4.69, 9.17) is 9.47 Å². The zero-order chi connectivity index (χ0) is 19.9. The van der Waals surface area contributed by atoms with E-state index < -0.39 is 11.9 Å². The van der Waals surface area contributed by atoms with Crippen molar-refractivity contribution in [1.29, 1.82) is 0 Å². The van der Waals surface area contributed by atoms with Gasteiger partial charge in [-0.05, 0) is 43.7 Å². The molecule has 0 radical (unpaired) electrons. The number of para-hydroxylation sites is 1. The number of likely N-dealkylation sites (tertiary alicyclic amines) is 1. The molecule has 7 heteroatoms. The molecule has 1 saturated carbocycles. The minimum absolute atomic E-state index is 0.138. The fourth-order valence-electron chi connectivity index (χ4n) is 4.29. The van der Waals surface area contributed by atoms with Crippen molar-refractivity contribution < 1.29 is 23.9 Å². The summed E-state index contributed by atoms with van der Waals surface area (Å²) in [5.74, 6) is -0.186. The number of hydrogen-bond donors (Lipinski definition) is 1. The summed E-state index contributed by atoms with van der Waals surface area (Å²) >= 11 is 0. The molecule has 1 saturated heterocycles. The van der Waals surface area contributed by atoms with E-state index in [0.29, 0.717) is 23.3 Å². The topological polar surface area (TPSA) is 84.9 Å². The van der Waals surface area contributed by atoms with Crippen molar-refractivity contribution in [2.24, 2.45) is 5.92 Å². The van der Waals surface area contributed by atoms with Crippen LogP contribution in [0.5, 0.6) is 5.75 Å². The largest absolute Gasteiger partial charge is 0.496 e. The first-order chi connectivity index (χ1) is 13.6. The van der Waals surface area contributed by atoms with Crippen molar-refractivity contribution in [2.45, 2.75) is 44.6 Å². The predicted molar refractivity (Wildman–Crippen MR) is 103 cm³/mol. The van der Waals surface area contributed by atoms with Crippen molar-refractivity contribution in [3.8, 4) is 5.75 Å². The normalized spacial score (nSPS) is 21.4. The van der Waals surface area contributed by atoms with Gasteiger partial charge in [0.1, 0.15) is 12.3 Å². The van der Waals surface area contributed by atoms with Gasteiger partial charge in [0.25, 0.3) is 11.8 Å². The summed E-state index contributed by atoms with van der Waals surface area (Å²) in [6, 6.07) is 7.04. The maximum absolute atomic E-state index is 12.5. The van der Waals surface area contributed by atoms with Crippen LogP contribution < -0.4 is 10.1 Å². The molecule has 28 heavy (non-hydrogen) atoms. The Morgan fingerprint density at radius 3 is 2.68 bits per heavy atom. The molecule has 2 fully saturated rings. The Hall–Kier alpha value is -2.57. The Morgan fingerprint density at radius 2 is 1.86 bits per heavy atom. The number of nitrogens with zero attached hydrogens (tertiary/aromatic N) is 1. The van der Waals surface area contributed by atoms with E-state index in [9.17, 15) is 14.4 Å². The van der Waals surface area contributed by atoms with Crippen LogP contribution in [-0.4, -0.2) is 55.5 Å². The first kappa shape index (κ1) is 20.2. The van der Waals surface area contributed by atoms with E-state index in [1.165, 1.54) is 26.4 Å². The van der Waals surface area contributed by atoms with E-state index in [1.807, 2.05) is 4.90 Å². The highest BCUT2D eigenvalue weighted by Crippen LogP contribution is 2.35. The lowest BCUT2D eigenvalue weighted by molar-refractivity contribution is -0.154. The van der Waals surface area contributed by atoms with Crippen LogP contribution in [0.25, 0.3) is 0 Å². The summed E-state index contributed by atoms with van der Waals surface area (Å²) in [7, 11) is 1.48. The van der Waals surface area contributed by atoms with Crippen LogP contribution >= 0.6 is 0 Å². The number of carbonyl (C=O) groups is 3. The molecule has 1 aliphatic heterocycles. The molecular formula is C21H28N2O5. The number of amides is 2. The molecular weight excluding hydrogens is 360 g/mol. The maximum atomic E-state index is 12.5. The number of benzene rings is 1. The van der Waals surface area contributed by atoms with Gasteiger partial charge in [0.2, 0.25) is 0 Å². The van der Waals surface area contributed by atoms with Crippen molar-refractivity contribution in [2.75, 3.05) is 26.8 Å². The van der Waals surface area contributed by atoms with Crippen LogP contribution in [0.3, 0.4) is 0 Å². The fraction of sp³-hybridized carbons (Fsp3) is 0.571. The third kappa shape index (κ3) is 4.82. The Labute approximate surface area is 165 Å². The molecule has 0 bridgehead atoms. The number of ether oxygens (including phenoxy) is 2. The highest BCUT2D eigenvalue weighted by atomic mass is 16.5. The highest BCUT2D eigenvalue weighted by molar-refractivity contribution is 5.98. The van der Waals surface area contributed by atoms with Gasteiger partial charge in [-0.1, -0.05) is 25.0 Å². The Bertz CT molecular complexity index is 719. The molecule has 1 heterocycles. The number of esters is 1. The third-order valence-corrected chi connectivity index (χ3v) is 5.67. The third-order valence-electron chi connectivity index (χ3n) is 5.67. The van der Waals surface area contributed by atoms with Crippen LogP contribution in [0.2, 0.25) is 0 Å². The number of rotatable bonds is 6. The average Bonchev–Trinajstić information content (AvgIpc) is 2.75. The van der Waals surface area contributed by atoms with Crippen LogP contribution in [0.15, 0.2) is 24.3 Å². The van der Waals surface area contributed by atoms with Crippen molar-refractivity contribution in [1.82, 2.24) is 10.2 Å². The molecule has 152 valence electrons. The van der Waals surface area contributed by atoms with Gasteiger partial charge in [-0.2, -0.15) is 0 Å². The van der Waals surface area contributed by atoms with E-state index in [2.05, 4.69) is 5.32 Å². The zero-order valence-corrected chi connectivity index (χ0v) is 16.3. The van der Waals surface area contributed by atoms with Crippen LogP contribution in [-0.2, 0) is 14.3 Å². The minimum Gasteiger partial charge on any atom is -0.496 e. The van der Waals surface area contributed by atoms with Gasteiger partial charge in [0, 0.05) is 12.6 Å².